The van der Waals surface area contributed by atoms with Gasteiger partial charge in [-0.05, 0) is 44.2 Å². The Balaban J connectivity index is 2.58. The molecule has 110 valence electrons. The highest BCUT2D eigenvalue weighted by Crippen LogP contribution is 2.19. The molecule has 0 radical (unpaired) electrons. The van der Waals surface area contributed by atoms with E-state index < -0.39 is 5.91 Å². The number of nitrogens with zero attached hydrogens (tertiary/aromatic N) is 1. The molecular formula is C14H20BrN3O2. The minimum absolute atomic E-state index is 0.183. The van der Waals surface area contributed by atoms with E-state index in [9.17, 15) is 9.59 Å². The van der Waals surface area contributed by atoms with Crippen LogP contribution in [0.3, 0.4) is 0 Å². The first-order chi connectivity index (χ1) is 9.69. The molecular weight excluding hydrogens is 322 g/mol. The van der Waals surface area contributed by atoms with Crippen molar-refractivity contribution in [2.75, 3.05) is 12.0 Å². The van der Waals surface area contributed by atoms with Crippen LogP contribution in [0.5, 0.6) is 0 Å². The molecule has 1 aliphatic carbocycles. The number of rotatable bonds is 3. The van der Waals surface area contributed by atoms with Gasteiger partial charge in [-0.3, -0.25) is 13.9 Å². The third kappa shape index (κ3) is 3.06. The molecule has 0 spiro atoms. The number of pyridine rings is 1. The summed E-state index contributed by atoms with van der Waals surface area (Å²) in [7, 11) is 0. The molecule has 0 aliphatic heterocycles. The number of carbonyl (C=O) groups excluding carboxylic acids is 1. The summed E-state index contributed by atoms with van der Waals surface area (Å²) < 4.78 is 3.93. The minimum Gasteiger partial charge on any atom is -0.323 e. The number of hydrogen-bond acceptors (Lipinski definition) is 3. The van der Waals surface area contributed by atoms with E-state index in [4.69, 9.17) is 0 Å². The molecule has 0 bridgehead atoms. The normalized spacial score (nSPS) is 14.9. The number of amides is 1. The van der Waals surface area contributed by atoms with Gasteiger partial charge in [0.25, 0.3) is 11.5 Å². The van der Waals surface area contributed by atoms with Crippen molar-refractivity contribution in [3.8, 4) is 0 Å². The lowest BCUT2D eigenvalue weighted by Crippen LogP contribution is -2.38. The third-order valence-corrected chi connectivity index (χ3v) is 4.01. The minimum atomic E-state index is -0.397. The van der Waals surface area contributed by atoms with Crippen molar-refractivity contribution in [2.45, 2.75) is 45.4 Å². The highest BCUT2D eigenvalue weighted by atomic mass is 79.9. The number of nitrogens with one attached hydrogen (secondary N) is 2. The molecule has 1 aliphatic rings. The Kier molecular flexibility index (Phi) is 5.23. The topological polar surface area (TPSA) is 63.1 Å². The number of aryl methyl sites for hydroxylation is 1. The van der Waals surface area contributed by atoms with Crippen molar-refractivity contribution in [1.29, 1.82) is 0 Å². The van der Waals surface area contributed by atoms with E-state index in [1.54, 1.807) is 10.7 Å². The van der Waals surface area contributed by atoms with Crippen molar-refractivity contribution in [3.63, 3.8) is 0 Å². The summed E-state index contributed by atoms with van der Waals surface area (Å²) in [6.07, 6.45) is 6.40. The smallest absolute Gasteiger partial charge is 0.281 e. The van der Waals surface area contributed by atoms with Crippen molar-refractivity contribution >= 4 is 22.1 Å². The van der Waals surface area contributed by atoms with Gasteiger partial charge in [-0.15, -0.1) is 0 Å². The van der Waals surface area contributed by atoms with Gasteiger partial charge in [0.1, 0.15) is 5.56 Å². The summed E-state index contributed by atoms with van der Waals surface area (Å²) >= 11 is 2.91. The average molecular weight is 342 g/mol. The molecule has 1 aromatic heterocycles. The van der Waals surface area contributed by atoms with Crippen LogP contribution in [-0.4, -0.2) is 17.1 Å². The molecule has 5 nitrogen and oxygen atoms in total. The Morgan fingerprint density at radius 1 is 1.30 bits per heavy atom. The molecule has 0 saturated heterocycles. The van der Waals surface area contributed by atoms with Crippen LogP contribution in [0.1, 0.15) is 54.2 Å². The van der Waals surface area contributed by atoms with Gasteiger partial charge in [-0.1, -0.05) is 12.8 Å². The molecule has 1 amide bonds. The van der Waals surface area contributed by atoms with Crippen LogP contribution in [0, 0.1) is 0 Å². The molecule has 20 heavy (non-hydrogen) atoms. The van der Waals surface area contributed by atoms with Crippen molar-refractivity contribution < 1.29 is 4.79 Å². The van der Waals surface area contributed by atoms with E-state index >= 15 is 0 Å². The second kappa shape index (κ2) is 6.92. The van der Waals surface area contributed by atoms with E-state index in [2.05, 4.69) is 25.9 Å². The summed E-state index contributed by atoms with van der Waals surface area (Å²) in [6, 6.07) is 1.76. The summed E-state index contributed by atoms with van der Waals surface area (Å²) in [4.78, 5) is 24.3. The van der Waals surface area contributed by atoms with Crippen LogP contribution < -0.4 is 15.3 Å². The fourth-order valence-corrected chi connectivity index (χ4v) is 2.91. The van der Waals surface area contributed by atoms with Gasteiger partial charge >= 0.3 is 0 Å². The Bertz CT molecular complexity index is 554. The van der Waals surface area contributed by atoms with Gasteiger partial charge in [0.05, 0.1) is 0 Å². The SMILES string of the molecule is CCNn1c2c(cc(C(=O)NBr)c1=O)CCCCCC2. The fourth-order valence-electron chi connectivity index (χ4n) is 2.70. The maximum absolute atomic E-state index is 12.4. The van der Waals surface area contributed by atoms with Crippen LogP contribution >= 0.6 is 16.1 Å². The summed E-state index contributed by atoms with van der Waals surface area (Å²) in [5.74, 6) is -0.397. The van der Waals surface area contributed by atoms with Crippen LogP contribution in [-0.2, 0) is 12.8 Å². The van der Waals surface area contributed by atoms with Gasteiger partial charge in [-0.2, -0.15) is 0 Å². The average Bonchev–Trinajstić information content (AvgIpc) is 2.42. The van der Waals surface area contributed by atoms with Gasteiger partial charge in [0.2, 0.25) is 0 Å². The standard InChI is InChI=1S/C14H20BrN3O2/c1-2-16-18-12-8-6-4-3-5-7-10(12)9-11(14(18)20)13(19)17-15/h9,16H,2-8H2,1H3,(H,17,19). The second-order valence-electron chi connectivity index (χ2n) is 5.02. The molecule has 0 aromatic carbocycles. The zero-order chi connectivity index (χ0) is 14.5. The largest absolute Gasteiger partial charge is 0.323 e. The first-order valence-electron chi connectivity index (χ1n) is 7.11. The lowest BCUT2D eigenvalue weighted by Gasteiger charge is -2.21. The zero-order valence-electron chi connectivity index (χ0n) is 11.7. The number of aromatic nitrogens is 1. The molecule has 2 rings (SSSR count). The molecule has 0 atom stereocenters. The fraction of sp³-hybridized carbons (Fsp3) is 0.571. The molecule has 0 saturated carbocycles. The van der Waals surface area contributed by atoms with Crippen LogP contribution in [0.2, 0.25) is 0 Å². The Labute approximate surface area is 127 Å². The van der Waals surface area contributed by atoms with E-state index in [1.807, 2.05) is 6.92 Å². The predicted octanol–water partition coefficient (Wildman–Crippen LogP) is 2.11. The number of hydrogen-bond donors (Lipinski definition) is 2. The van der Waals surface area contributed by atoms with Gasteiger partial charge in [-0.25, -0.2) is 4.68 Å². The zero-order valence-corrected chi connectivity index (χ0v) is 13.3. The molecule has 2 N–H and O–H groups in total. The van der Waals surface area contributed by atoms with E-state index in [1.165, 1.54) is 12.8 Å². The van der Waals surface area contributed by atoms with Crippen LogP contribution in [0.4, 0.5) is 0 Å². The first-order valence-corrected chi connectivity index (χ1v) is 7.91. The number of carbonyl (C=O) groups is 1. The van der Waals surface area contributed by atoms with E-state index in [0.29, 0.717) is 6.54 Å². The molecule has 1 aromatic rings. The molecule has 0 unspecified atom stereocenters. The molecule has 1 heterocycles. The number of fused-ring (bicyclic) bond motifs is 1. The van der Waals surface area contributed by atoms with Crippen LogP contribution in [0.25, 0.3) is 0 Å². The van der Waals surface area contributed by atoms with Gasteiger partial charge in [0.15, 0.2) is 0 Å². The summed E-state index contributed by atoms with van der Waals surface area (Å²) in [6.45, 7) is 2.59. The molecule has 6 heteroatoms. The first kappa shape index (κ1) is 15.1. The Morgan fingerprint density at radius 2 is 2.00 bits per heavy atom. The van der Waals surface area contributed by atoms with Gasteiger partial charge < -0.3 is 5.43 Å². The second-order valence-corrected chi connectivity index (χ2v) is 5.42. The van der Waals surface area contributed by atoms with Crippen molar-refractivity contribution in [2.24, 2.45) is 0 Å². The summed E-state index contributed by atoms with van der Waals surface area (Å²) in [5.41, 5.74) is 5.13. The quantitative estimate of drug-likeness (QED) is 0.827. The highest BCUT2D eigenvalue weighted by molar-refractivity contribution is 9.08. The monoisotopic (exact) mass is 341 g/mol. The van der Waals surface area contributed by atoms with Crippen molar-refractivity contribution in [1.82, 2.24) is 9.02 Å². The number of halogens is 1. The van der Waals surface area contributed by atoms with Crippen molar-refractivity contribution in [3.05, 3.63) is 33.2 Å². The lowest BCUT2D eigenvalue weighted by atomic mass is 9.96. The maximum Gasteiger partial charge on any atom is 0.281 e. The Morgan fingerprint density at radius 3 is 2.65 bits per heavy atom. The third-order valence-electron chi connectivity index (χ3n) is 3.65. The lowest BCUT2D eigenvalue weighted by molar-refractivity contribution is 0.0984. The van der Waals surface area contributed by atoms with E-state index in [0.717, 1.165) is 36.9 Å². The highest BCUT2D eigenvalue weighted by Gasteiger charge is 2.19. The van der Waals surface area contributed by atoms with Crippen LogP contribution in [0.15, 0.2) is 10.9 Å². The van der Waals surface area contributed by atoms with E-state index in [-0.39, 0.29) is 11.1 Å². The maximum atomic E-state index is 12.4. The predicted molar refractivity (Wildman–Crippen MR) is 82.9 cm³/mol. The summed E-state index contributed by atoms with van der Waals surface area (Å²) in [5, 5.41) is 0. The Hall–Kier alpha value is -1.30. The molecule has 0 fully saturated rings. The van der Waals surface area contributed by atoms with Gasteiger partial charge in [0, 0.05) is 28.4 Å².